The molecule has 1 aromatic heterocycles. The zero-order valence-corrected chi connectivity index (χ0v) is 14.6. The highest BCUT2D eigenvalue weighted by Gasteiger charge is 2.39. The highest BCUT2D eigenvalue weighted by molar-refractivity contribution is 5.96. The Morgan fingerprint density at radius 3 is 2.71 bits per heavy atom. The first-order chi connectivity index (χ1) is 11.3. The number of aromatic nitrogens is 2. The maximum Gasteiger partial charge on any atom is 0.267 e. The lowest BCUT2D eigenvalue weighted by Gasteiger charge is -2.46. The van der Waals surface area contributed by atoms with Crippen LogP contribution in [0.2, 0.25) is 0 Å². The van der Waals surface area contributed by atoms with Crippen molar-refractivity contribution in [3.63, 3.8) is 0 Å². The SMILES string of the molecule is Cc1ccc(=O)n(CC(=O)N2c3ccccc3C(C)CC2(C)C)n1. The number of hydrogen-bond donors (Lipinski definition) is 0. The lowest BCUT2D eigenvalue weighted by molar-refractivity contribution is -0.120. The number of carbonyl (C=O) groups excluding carboxylic acids is 1. The van der Waals surface area contributed by atoms with Crippen LogP contribution in [0, 0.1) is 6.92 Å². The summed E-state index contributed by atoms with van der Waals surface area (Å²) in [4.78, 5) is 26.9. The molecule has 1 atom stereocenters. The molecule has 5 heteroatoms. The molecule has 3 rings (SSSR count). The Bertz CT molecular complexity index is 839. The van der Waals surface area contributed by atoms with Gasteiger partial charge in [-0.1, -0.05) is 25.1 Å². The smallest absolute Gasteiger partial charge is 0.267 e. The summed E-state index contributed by atoms with van der Waals surface area (Å²) < 4.78 is 1.24. The van der Waals surface area contributed by atoms with Crippen molar-refractivity contribution >= 4 is 11.6 Å². The second-order valence-corrected chi connectivity index (χ2v) is 7.18. The van der Waals surface area contributed by atoms with Crippen LogP contribution in [0.25, 0.3) is 0 Å². The van der Waals surface area contributed by atoms with Gasteiger partial charge in [0.25, 0.3) is 5.56 Å². The van der Waals surface area contributed by atoms with Crippen LogP contribution in [0.4, 0.5) is 5.69 Å². The Morgan fingerprint density at radius 1 is 1.25 bits per heavy atom. The summed E-state index contributed by atoms with van der Waals surface area (Å²) in [6.45, 7) is 8.09. The van der Waals surface area contributed by atoms with Gasteiger partial charge < -0.3 is 4.90 Å². The predicted octanol–water partition coefficient (Wildman–Crippen LogP) is 2.87. The highest BCUT2D eigenvalue weighted by atomic mass is 16.2. The molecule has 1 aliphatic heterocycles. The first kappa shape index (κ1) is 16.4. The van der Waals surface area contributed by atoms with Gasteiger partial charge in [0.1, 0.15) is 6.54 Å². The number of carbonyl (C=O) groups is 1. The maximum absolute atomic E-state index is 13.0. The molecule has 5 nitrogen and oxygen atoms in total. The third-order valence-electron chi connectivity index (χ3n) is 4.65. The molecular weight excluding hydrogens is 302 g/mol. The second kappa shape index (κ2) is 5.89. The van der Waals surface area contributed by atoms with Crippen molar-refractivity contribution in [2.75, 3.05) is 4.90 Å². The summed E-state index contributed by atoms with van der Waals surface area (Å²) in [5, 5.41) is 4.18. The van der Waals surface area contributed by atoms with E-state index in [9.17, 15) is 9.59 Å². The molecule has 0 spiro atoms. The maximum atomic E-state index is 13.0. The van der Waals surface area contributed by atoms with Crippen molar-refractivity contribution in [3.05, 3.63) is 58.0 Å². The molecule has 126 valence electrons. The Labute approximate surface area is 141 Å². The van der Waals surface area contributed by atoms with Gasteiger partial charge in [-0.2, -0.15) is 5.10 Å². The molecule has 0 aliphatic carbocycles. The molecule has 1 aromatic carbocycles. The van der Waals surface area contributed by atoms with Crippen LogP contribution in [-0.2, 0) is 11.3 Å². The van der Waals surface area contributed by atoms with Gasteiger partial charge >= 0.3 is 0 Å². The number of nitrogens with zero attached hydrogens (tertiary/aromatic N) is 3. The van der Waals surface area contributed by atoms with Crippen LogP contribution in [0.3, 0.4) is 0 Å². The normalized spacial score (nSPS) is 19.0. The second-order valence-electron chi connectivity index (χ2n) is 7.18. The van der Waals surface area contributed by atoms with E-state index in [2.05, 4.69) is 31.9 Å². The first-order valence-corrected chi connectivity index (χ1v) is 8.26. The molecule has 0 radical (unpaired) electrons. The van der Waals surface area contributed by atoms with Crippen molar-refractivity contribution in [2.24, 2.45) is 0 Å². The van der Waals surface area contributed by atoms with E-state index >= 15 is 0 Å². The van der Waals surface area contributed by atoms with Crippen LogP contribution in [0.15, 0.2) is 41.2 Å². The monoisotopic (exact) mass is 325 g/mol. The van der Waals surface area contributed by atoms with Crippen molar-refractivity contribution in [1.29, 1.82) is 0 Å². The van der Waals surface area contributed by atoms with Gasteiger partial charge in [0.15, 0.2) is 0 Å². The summed E-state index contributed by atoms with van der Waals surface area (Å²) in [6.07, 6.45) is 0.881. The van der Waals surface area contributed by atoms with Crippen LogP contribution >= 0.6 is 0 Å². The minimum Gasteiger partial charge on any atom is -0.305 e. The van der Waals surface area contributed by atoms with E-state index in [-0.39, 0.29) is 23.6 Å². The van der Waals surface area contributed by atoms with E-state index in [1.807, 2.05) is 30.0 Å². The number of para-hydroxylation sites is 1. The minimum absolute atomic E-state index is 0.0489. The van der Waals surface area contributed by atoms with E-state index in [1.54, 1.807) is 6.07 Å². The molecule has 2 heterocycles. The van der Waals surface area contributed by atoms with Gasteiger partial charge in [-0.3, -0.25) is 9.59 Å². The fourth-order valence-electron chi connectivity index (χ4n) is 3.72. The van der Waals surface area contributed by atoms with Crippen LogP contribution in [0.1, 0.15) is 44.4 Å². The van der Waals surface area contributed by atoms with Crippen molar-refractivity contribution in [1.82, 2.24) is 9.78 Å². The average Bonchev–Trinajstić information content (AvgIpc) is 2.50. The fourth-order valence-corrected chi connectivity index (χ4v) is 3.72. The van der Waals surface area contributed by atoms with Gasteiger partial charge in [0.2, 0.25) is 5.91 Å². The Morgan fingerprint density at radius 2 is 1.96 bits per heavy atom. The number of amides is 1. The number of benzene rings is 1. The van der Waals surface area contributed by atoms with E-state index in [1.165, 1.54) is 16.3 Å². The van der Waals surface area contributed by atoms with Crippen LogP contribution < -0.4 is 10.5 Å². The van der Waals surface area contributed by atoms with Gasteiger partial charge in [-0.15, -0.1) is 0 Å². The lowest BCUT2D eigenvalue weighted by Crippen LogP contribution is -2.53. The van der Waals surface area contributed by atoms with Gasteiger partial charge in [0, 0.05) is 17.3 Å². The van der Waals surface area contributed by atoms with Crippen LogP contribution in [0.5, 0.6) is 0 Å². The summed E-state index contributed by atoms with van der Waals surface area (Å²) in [5.74, 6) is 0.277. The molecule has 0 fully saturated rings. The standard InChI is InChI=1S/C19H23N3O2/c1-13-11-19(3,4)22(16-8-6-5-7-15(13)16)18(24)12-21-17(23)10-9-14(2)20-21/h5-10,13H,11-12H2,1-4H3. The molecule has 0 bridgehead atoms. The molecular formula is C19H23N3O2. The highest BCUT2D eigenvalue weighted by Crippen LogP contribution is 2.43. The number of fused-ring (bicyclic) bond motifs is 1. The zero-order chi connectivity index (χ0) is 17.5. The molecule has 0 saturated heterocycles. The van der Waals surface area contributed by atoms with E-state index < -0.39 is 0 Å². The summed E-state index contributed by atoms with van der Waals surface area (Å²) in [5.41, 5.74) is 2.26. The number of hydrogen-bond acceptors (Lipinski definition) is 3. The van der Waals surface area contributed by atoms with Crippen molar-refractivity contribution in [2.45, 2.75) is 52.1 Å². The van der Waals surface area contributed by atoms with E-state index in [0.717, 1.165) is 12.1 Å². The first-order valence-electron chi connectivity index (χ1n) is 8.26. The van der Waals surface area contributed by atoms with E-state index in [4.69, 9.17) is 0 Å². The molecule has 1 amide bonds. The third kappa shape index (κ3) is 2.86. The molecule has 1 unspecified atom stereocenters. The lowest BCUT2D eigenvalue weighted by atomic mass is 9.80. The fraction of sp³-hybridized carbons (Fsp3) is 0.421. The predicted molar refractivity (Wildman–Crippen MR) is 94.3 cm³/mol. The van der Waals surface area contributed by atoms with Gasteiger partial charge in [-0.25, -0.2) is 4.68 Å². The third-order valence-corrected chi connectivity index (χ3v) is 4.65. The molecule has 0 saturated carbocycles. The topological polar surface area (TPSA) is 55.2 Å². The van der Waals surface area contributed by atoms with Crippen LogP contribution in [-0.4, -0.2) is 21.2 Å². The summed E-state index contributed by atoms with van der Waals surface area (Å²) >= 11 is 0. The number of anilines is 1. The van der Waals surface area contributed by atoms with E-state index in [0.29, 0.717) is 11.6 Å². The molecule has 0 N–H and O–H groups in total. The molecule has 1 aliphatic rings. The molecule has 24 heavy (non-hydrogen) atoms. The van der Waals surface area contributed by atoms with Gasteiger partial charge in [-0.05, 0) is 50.8 Å². The van der Waals surface area contributed by atoms with Crippen molar-refractivity contribution in [3.8, 4) is 0 Å². The minimum atomic E-state index is -0.307. The zero-order valence-electron chi connectivity index (χ0n) is 14.6. The van der Waals surface area contributed by atoms with Gasteiger partial charge in [0.05, 0.1) is 5.69 Å². The quantitative estimate of drug-likeness (QED) is 0.853. The summed E-state index contributed by atoms with van der Waals surface area (Å²) in [6, 6.07) is 11.1. The number of aryl methyl sites for hydroxylation is 1. The Hall–Kier alpha value is -2.43. The summed E-state index contributed by atoms with van der Waals surface area (Å²) in [7, 11) is 0. The molecule has 2 aromatic rings. The number of rotatable bonds is 2. The Kier molecular flexibility index (Phi) is 4.03. The van der Waals surface area contributed by atoms with Crippen molar-refractivity contribution < 1.29 is 4.79 Å². The average molecular weight is 325 g/mol. The Balaban J connectivity index is 2.00. The largest absolute Gasteiger partial charge is 0.305 e.